The number of carbonyl (C=O) groups is 2. The molecular weight excluding hydrogens is 316 g/mol. The average molecular weight is 338 g/mol. The topological polar surface area (TPSA) is 157 Å². The second-order valence-corrected chi connectivity index (χ2v) is 5.33. The van der Waals surface area contributed by atoms with Gasteiger partial charge in [-0.25, -0.2) is 9.59 Å². The Hall–Kier alpha value is -2.42. The summed E-state index contributed by atoms with van der Waals surface area (Å²) in [5.74, 6) is -3.54. The molecule has 2 unspecified atom stereocenters. The molecule has 0 amide bonds. The Bertz CT molecular complexity index is 707. The Balaban J connectivity index is 0.000000257. The summed E-state index contributed by atoms with van der Waals surface area (Å²) in [6.07, 6.45) is -3.58. The third-order valence-electron chi connectivity index (χ3n) is 3.56. The van der Waals surface area contributed by atoms with Crippen LogP contribution in [0.15, 0.2) is 18.2 Å². The van der Waals surface area contributed by atoms with E-state index in [-0.39, 0.29) is 0 Å². The number of nitrogens with two attached hydrogens (primary N) is 1. The van der Waals surface area contributed by atoms with E-state index in [2.05, 4.69) is 37.0 Å². The van der Waals surface area contributed by atoms with Gasteiger partial charge in [0.05, 0.1) is 0 Å². The third kappa shape index (κ3) is 4.54. The molecule has 0 saturated heterocycles. The molecule has 7 N–H and O–H groups in total. The SMILES string of the molecule is Cc1[nH]c2c(C)cccc2c1CCN.O=C(O)C(O)C(O)C(=O)O. The highest BCUT2D eigenvalue weighted by molar-refractivity contribution is 5.87. The fraction of sp³-hybridized carbons (Fsp3) is 0.375. The number of para-hydroxylation sites is 1. The number of hydrogen-bond donors (Lipinski definition) is 6. The first-order chi connectivity index (χ1) is 11.2. The molecule has 8 nitrogen and oxygen atoms in total. The van der Waals surface area contributed by atoms with Crippen LogP contribution in [-0.4, -0.2) is 56.1 Å². The minimum Gasteiger partial charge on any atom is -0.479 e. The zero-order valence-electron chi connectivity index (χ0n) is 13.5. The number of rotatable bonds is 5. The van der Waals surface area contributed by atoms with Gasteiger partial charge in [0.2, 0.25) is 0 Å². The molecule has 8 heteroatoms. The van der Waals surface area contributed by atoms with Gasteiger partial charge in [0, 0.05) is 16.6 Å². The maximum Gasteiger partial charge on any atom is 0.335 e. The van der Waals surface area contributed by atoms with E-state index >= 15 is 0 Å². The molecule has 0 aliphatic rings. The summed E-state index contributed by atoms with van der Waals surface area (Å²) in [5.41, 5.74) is 10.8. The van der Waals surface area contributed by atoms with Crippen molar-refractivity contribution in [2.24, 2.45) is 5.73 Å². The van der Waals surface area contributed by atoms with Gasteiger partial charge in [-0.2, -0.15) is 0 Å². The summed E-state index contributed by atoms with van der Waals surface area (Å²) in [5, 5.41) is 33.9. The first kappa shape index (κ1) is 19.6. The Labute approximate surface area is 138 Å². The van der Waals surface area contributed by atoms with Crippen LogP contribution < -0.4 is 5.73 Å². The van der Waals surface area contributed by atoms with E-state index in [1.807, 2.05) is 0 Å². The van der Waals surface area contributed by atoms with Gasteiger partial charge in [-0.3, -0.25) is 0 Å². The lowest BCUT2D eigenvalue weighted by Gasteiger charge is -2.07. The number of hydrogen-bond acceptors (Lipinski definition) is 5. The van der Waals surface area contributed by atoms with Crippen LogP contribution in [0, 0.1) is 13.8 Å². The van der Waals surface area contributed by atoms with Crippen LogP contribution in [0.2, 0.25) is 0 Å². The van der Waals surface area contributed by atoms with Crippen molar-refractivity contribution in [3.63, 3.8) is 0 Å². The Morgan fingerprint density at radius 3 is 2.12 bits per heavy atom. The molecule has 1 aromatic heterocycles. The van der Waals surface area contributed by atoms with E-state index in [0.717, 1.165) is 6.42 Å². The number of fused-ring (bicyclic) bond motifs is 1. The summed E-state index contributed by atoms with van der Waals surface area (Å²) < 4.78 is 0. The number of aliphatic carboxylic acids is 2. The van der Waals surface area contributed by atoms with Gasteiger partial charge >= 0.3 is 11.9 Å². The standard InChI is InChI=1S/C12H16N2.C4H6O6/c1-8-4-3-5-11-10(6-7-13)9(2)14-12(8)11;5-1(3(7)8)2(6)4(9)10/h3-5,14H,6-7,13H2,1-2H3;1-2,5-6H,(H,7,8)(H,9,10). The van der Waals surface area contributed by atoms with Crippen molar-refractivity contribution in [1.29, 1.82) is 0 Å². The van der Waals surface area contributed by atoms with Gasteiger partial charge in [0.15, 0.2) is 12.2 Å². The van der Waals surface area contributed by atoms with Gasteiger partial charge in [-0.1, -0.05) is 18.2 Å². The number of aromatic amines is 1. The van der Waals surface area contributed by atoms with Crippen molar-refractivity contribution < 1.29 is 30.0 Å². The number of H-pyrrole nitrogens is 1. The number of aryl methyl sites for hydroxylation is 2. The Morgan fingerprint density at radius 1 is 1.12 bits per heavy atom. The van der Waals surface area contributed by atoms with E-state index < -0.39 is 24.1 Å². The number of carboxylic acids is 2. The van der Waals surface area contributed by atoms with Crippen LogP contribution in [0.3, 0.4) is 0 Å². The minimum absolute atomic E-state index is 0.710. The van der Waals surface area contributed by atoms with E-state index in [1.54, 1.807) is 0 Å². The lowest BCUT2D eigenvalue weighted by Crippen LogP contribution is -2.39. The predicted molar refractivity (Wildman–Crippen MR) is 87.8 cm³/mol. The molecule has 0 aliphatic heterocycles. The number of nitrogens with one attached hydrogen (secondary N) is 1. The molecule has 0 aliphatic carbocycles. The molecule has 2 atom stereocenters. The molecule has 132 valence electrons. The van der Waals surface area contributed by atoms with E-state index in [4.69, 9.17) is 26.2 Å². The third-order valence-corrected chi connectivity index (χ3v) is 3.56. The fourth-order valence-corrected chi connectivity index (χ4v) is 2.29. The summed E-state index contributed by atoms with van der Waals surface area (Å²) >= 11 is 0. The number of aromatic nitrogens is 1. The van der Waals surface area contributed by atoms with Gasteiger partial charge in [-0.15, -0.1) is 0 Å². The van der Waals surface area contributed by atoms with Crippen LogP contribution in [0.1, 0.15) is 16.8 Å². The molecule has 2 rings (SSSR count). The van der Waals surface area contributed by atoms with Gasteiger partial charge in [0.25, 0.3) is 0 Å². The van der Waals surface area contributed by atoms with Crippen LogP contribution in [0.25, 0.3) is 10.9 Å². The normalized spacial score (nSPS) is 13.0. The molecule has 0 radical (unpaired) electrons. The second-order valence-electron chi connectivity index (χ2n) is 5.33. The molecule has 1 aromatic carbocycles. The van der Waals surface area contributed by atoms with Crippen molar-refractivity contribution >= 4 is 22.8 Å². The molecule has 24 heavy (non-hydrogen) atoms. The lowest BCUT2D eigenvalue weighted by atomic mass is 10.1. The van der Waals surface area contributed by atoms with Crippen molar-refractivity contribution in [1.82, 2.24) is 4.98 Å². The molecular formula is C16H22N2O6. The first-order valence-corrected chi connectivity index (χ1v) is 7.29. The molecule has 0 bridgehead atoms. The van der Waals surface area contributed by atoms with Crippen LogP contribution in [0.5, 0.6) is 0 Å². The largest absolute Gasteiger partial charge is 0.479 e. The fourth-order valence-electron chi connectivity index (χ4n) is 2.29. The highest BCUT2D eigenvalue weighted by Crippen LogP contribution is 2.24. The number of carboxylic acid groups (broad SMARTS) is 2. The monoisotopic (exact) mass is 338 g/mol. The smallest absolute Gasteiger partial charge is 0.335 e. The molecule has 0 spiro atoms. The molecule has 1 heterocycles. The van der Waals surface area contributed by atoms with Crippen LogP contribution in [-0.2, 0) is 16.0 Å². The maximum absolute atomic E-state index is 9.77. The zero-order valence-corrected chi connectivity index (χ0v) is 13.5. The first-order valence-electron chi connectivity index (χ1n) is 7.29. The zero-order chi connectivity index (χ0) is 18.4. The van der Waals surface area contributed by atoms with Crippen molar-refractivity contribution in [2.45, 2.75) is 32.5 Å². The van der Waals surface area contributed by atoms with Crippen molar-refractivity contribution in [2.75, 3.05) is 6.54 Å². The second kappa shape index (κ2) is 8.44. The predicted octanol–water partition coefficient (Wildman–Crippen LogP) is 0.163. The summed E-state index contributed by atoms with van der Waals surface area (Å²) in [6.45, 7) is 4.96. The van der Waals surface area contributed by atoms with Gasteiger partial charge in [-0.05, 0) is 37.9 Å². The number of benzene rings is 1. The number of aliphatic hydroxyl groups excluding tert-OH is 2. The minimum atomic E-state index is -2.27. The summed E-state index contributed by atoms with van der Waals surface area (Å²) in [6, 6.07) is 6.40. The van der Waals surface area contributed by atoms with E-state index in [1.165, 1.54) is 27.7 Å². The Kier molecular flexibility index (Phi) is 6.90. The van der Waals surface area contributed by atoms with Gasteiger partial charge < -0.3 is 31.1 Å². The summed E-state index contributed by atoms with van der Waals surface area (Å²) in [4.78, 5) is 23.0. The van der Waals surface area contributed by atoms with E-state index in [0.29, 0.717) is 6.54 Å². The van der Waals surface area contributed by atoms with Crippen molar-refractivity contribution in [3.05, 3.63) is 35.0 Å². The summed E-state index contributed by atoms with van der Waals surface area (Å²) in [7, 11) is 0. The quantitative estimate of drug-likeness (QED) is 0.453. The molecule has 0 saturated carbocycles. The molecule has 0 fully saturated rings. The van der Waals surface area contributed by atoms with E-state index in [9.17, 15) is 9.59 Å². The van der Waals surface area contributed by atoms with Crippen LogP contribution in [0.4, 0.5) is 0 Å². The molecule has 2 aromatic rings. The highest BCUT2D eigenvalue weighted by Gasteiger charge is 2.29. The van der Waals surface area contributed by atoms with Crippen molar-refractivity contribution in [3.8, 4) is 0 Å². The maximum atomic E-state index is 9.77. The van der Waals surface area contributed by atoms with Crippen LogP contribution >= 0.6 is 0 Å². The Morgan fingerprint density at radius 2 is 1.67 bits per heavy atom. The highest BCUT2D eigenvalue weighted by atomic mass is 16.4. The lowest BCUT2D eigenvalue weighted by molar-refractivity contribution is -0.165. The average Bonchev–Trinajstić information content (AvgIpc) is 2.84. The van der Waals surface area contributed by atoms with Gasteiger partial charge in [0.1, 0.15) is 0 Å². The number of aliphatic hydroxyl groups is 2.